The van der Waals surface area contributed by atoms with E-state index in [1.807, 2.05) is 0 Å². The second-order valence-electron chi connectivity index (χ2n) is 7.19. The number of likely N-dealkylation sites (N-methyl/N-ethyl adjacent to an activating group) is 1. The van der Waals surface area contributed by atoms with Crippen LogP contribution in [0.5, 0.6) is 0 Å². The minimum Gasteiger partial charge on any atom is -0.329 e. The first-order valence-electron chi connectivity index (χ1n) is 7.99. The molecule has 0 radical (unpaired) electrons. The smallest absolute Gasteiger partial charge is 0.0329 e. The number of hydrogen-bond donors (Lipinski definition) is 1. The van der Waals surface area contributed by atoms with Crippen molar-refractivity contribution < 1.29 is 0 Å². The molecular formula is C16H32N2. The van der Waals surface area contributed by atoms with Gasteiger partial charge >= 0.3 is 0 Å². The zero-order chi connectivity index (χ0) is 13.2. The van der Waals surface area contributed by atoms with Crippen molar-refractivity contribution in [1.29, 1.82) is 0 Å². The highest BCUT2D eigenvalue weighted by Crippen LogP contribution is 2.39. The maximum atomic E-state index is 6.15. The van der Waals surface area contributed by atoms with Gasteiger partial charge in [0.25, 0.3) is 0 Å². The molecule has 0 bridgehead atoms. The lowest BCUT2D eigenvalue weighted by molar-refractivity contribution is 0.0335. The van der Waals surface area contributed by atoms with Gasteiger partial charge in [-0.3, -0.25) is 4.90 Å². The Hall–Kier alpha value is -0.0800. The van der Waals surface area contributed by atoms with Crippen molar-refractivity contribution in [3.63, 3.8) is 0 Å². The quantitative estimate of drug-likeness (QED) is 0.814. The van der Waals surface area contributed by atoms with Gasteiger partial charge < -0.3 is 5.73 Å². The van der Waals surface area contributed by atoms with Gasteiger partial charge in [-0.1, -0.05) is 20.3 Å². The van der Waals surface area contributed by atoms with Gasteiger partial charge in [0.1, 0.15) is 0 Å². The average Bonchev–Trinajstić information content (AvgIpc) is 2.33. The molecule has 2 fully saturated rings. The van der Waals surface area contributed by atoms with Crippen LogP contribution in [0.2, 0.25) is 0 Å². The van der Waals surface area contributed by atoms with Crippen molar-refractivity contribution in [2.45, 2.75) is 64.3 Å². The molecule has 0 aromatic heterocycles. The van der Waals surface area contributed by atoms with Crippen molar-refractivity contribution >= 4 is 0 Å². The van der Waals surface area contributed by atoms with Crippen molar-refractivity contribution in [3.8, 4) is 0 Å². The summed E-state index contributed by atoms with van der Waals surface area (Å²) < 4.78 is 0. The van der Waals surface area contributed by atoms with E-state index in [0.29, 0.717) is 5.54 Å². The van der Waals surface area contributed by atoms with E-state index in [1.165, 1.54) is 51.5 Å². The second kappa shape index (κ2) is 5.92. The van der Waals surface area contributed by atoms with Gasteiger partial charge in [-0.15, -0.1) is 0 Å². The molecule has 0 aliphatic heterocycles. The molecule has 0 spiro atoms. The van der Waals surface area contributed by atoms with Crippen LogP contribution in [-0.4, -0.2) is 30.6 Å². The van der Waals surface area contributed by atoms with E-state index in [2.05, 4.69) is 25.8 Å². The Morgan fingerprint density at radius 1 is 1.17 bits per heavy atom. The summed E-state index contributed by atoms with van der Waals surface area (Å²) in [5, 5.41) is 0. The van der Waals surface area contributed by atoms with Crippen LogP contribution in [-0.2, 0) is 0 Å². The fourth-order valence-electron chi connectivity index (χ4n) is 3.84. The Labute approximate surface area is 113 Å². The Morgan fingerprint density at radius 2 is 1.78 bits per heavy atom. The molecule has 0 atom stereocenters. The number of rotatable bonds is 5. The molecule has 2 aliphatic carbocycles. The van der Waals surface area contributed by atoms with E-state index < -0.39 is 0 Å². The van der Waals surface area contributed by atoms with Crippen LogP contribution in [0.15, 0.2) is 0 Å². The topological polar surface area (TPSA) is 29.3 Å². The van der Waals surface area contributed by atoms with Gasteiger partial charge in [-0.05, 0) is 63.3 Å². The summed E-state index contributed by atoms with van der Waals surface area (Å²) in [4.78, 5) is 2.62. The van der Waals surface area contributed by atoms with Gasteiger partial charge in [0.2, 0.25) is 0 Å². The van der Waals surface area contributed by atoms with Crippen LogP contribution >= 0.6 is 0 Å². The number of hydrogen-bond acceptors (Lipinski definition) is 2. The van der Waals surface area contributed by atoms with E-state index in [1.54, 1.807) is 0 Å². The predicted octanol–water partition coefficient (Wildman–Crippen LogP) is 3.26. The molecule has 0 aromatic carbocycles. The minimum atomic E-state index is 0.320. The zero-order valence-corrected chi connectivity index (χ0v) is 12.6. The molecule has 2 saturated carbocycles. The first-order chi connectivity index (χ1) is 8.57. The Bertz CT molecular complexity index is 250. The monoisotopic (exact) mass is 252 g/mol. The Morgan fingerprint density at radius 3 is 2.17 bits per heavy atom. The van der Waals surface area contributed by atoms with E-state index in [9.17, 15) is 0 Å². The molecule has 2 N–H and O–H groups in total. The van der Waals surface area contributed by atoms with E-state index in [-0.39, 0.29) is 0 Å². The minimum absolute atomic E-state index is 0.320. The van der Waals surface area contributed by atoms with Crippen molar-refractivity contribution in [2.75, 3.05) is 20.1 Å². The van der Waals surface area contributed by atoms with Crippen molar-refractivity contribution in [2.24, 2.45) is 23.5 Å². The van der Waals surface area contributed by atoms with Crippen LogP contribution in [0.25, 0.3) is 0 Å². The third-order valence-electron chi connectivity index (χ3n) is 5.85. The van der Waals surface area contributed by atoms with Gasteiger partial charge in [0.15, 0.2) is 0 Å². The fourth-order valence-corrected chi connectivity index (χ4v) is 3.84. The summed E-state index contributed by atoms with van der Waals surface area (Å²) in [6, 6.07) is 0. The standard InChI is InChI=1S/C16H32N2/c1-13(2)15-7-9-16(12-17,10-8-15)18(3)11-14-5-4-6-14/h13-15H,4-12,17H2,1-3H3. The fraction of sp³-hybridized carbons (Fsp3) is 1.00. The first-order valence-corrected chi connectivity index (χ1v) is 7.99. The first kappa shape index (κ1) is 14.3. The van der Waals surface area contributed by atoms with E-state index >= 15 is 0 Å². The molecule has 2 nitrogen and oxygen atoms in total. The molecule has 2 rings (SSSR count). The predicted molar refractivity (Wildman–Crippen MR) is 78.6 cm³/mol. The van der Waals surface area contributed by atoms with Crippen LogP contribution in [0, 0.1) is 17.8 Å². The van der Waals surface area contributed by atoms with Crippen molar-refractivity contribution in [1.82, 2.24) is 4.90 Å². The lowest BCUT2D eigenvalue weighted by Gasteiger charge is -2.48. The summed E-state index contributed by atoms with van der Waals surface area (Å²) in [5.41, 5.74) is 6.47. The zero-order valence-electron chi connectivity index (χ0n) is 12.6. The summed E-state index contributed by atoms with van der Waals surface area (Å²) in [7, 11) is 2.32. The largest absolute Gasteiger partial charge is 0.329 e. The summed E-state index contributed by atoms with van der Waals surface area (Å²) in [6.45, 7) is 6.88. The number of nitrogens with zero attached hydrogens (tertiary/aromatic N) is 1. The molecule has 0 heterocycles. The van der Waals surface area contributed by atoms with Crippen molar-refractivity contribution in [3.05, 3.63) is 0 Å². The normalized spacial score (nSPS) is 34.0. The molecule has 0 saturated heterocycles. The molecule has 0 unspecified atom stereocenters. The highest BCUT2D eigenvalue weighted by Gasteiger charge is 2.39. The summed E-state index contributed by atoms with van der Waals surface area (Å²) >= 11 is 0. The van der Waals surface area contributed by atoms with Crippen LogP contribution in [0.1, 0.15) is 58.8 Å². The summed E-state index contributed by atoms with van der Waals surface area (Å²) in [5.74, 6) is 2.74. The third kappa shape index (κ3) is 2.91. The molecule has 0 amide bonds. The lowest BCUT2D eigenvalue weighted by Crippen LogP contribution is -2.55. The lowest BCUT2D eigenvalue weighted by atomic mass is 9.71. The van der Waals surface area contributed by atoms with Crippen LogP contribution < -0.4 is 5.73 Å². The van der Waals surface area contributed by atoms with E-state index in [4.69, 9.17) is 5.73 Å². The average molecular weight is 252 g/mol. The number of nitrogens with two attached hydrogens (primary N) is 1. The second-order valence-corrected chi connectivity index (χ2v) is 7.19. The SMILES string of the molecule is CC(C)C1CCC(CN)(N(C)CC2CCC2)CC1. The highest BCUT2D eigenvalue weighted by molar-refractivity contribution is 4.96. The van der Waals surface area contributed by atoms with Gasteiger partial charge in [0.05, 0.1) is 0 Å². The van der Waals surface area contributed by atoms with E-state index in [0.717, 1.165) is 24.3 Å². The van der Waals surface area contributed by atoms with Crippen LogP contribution in [0.4, 0.5) is 0 Å². The van der Waals surface area contributed by atoms with Gasteiger partial charge in [-0.2, -0.15) is 0 Å². The Kier molecular flexibility index (Phi) is 4.71. The maximum Gasteiger partial charge on any atom is 0.0329 e. The van der Waals surface area contributed by atoms with Crippen LogP contribution in [0.3, 0.4) is 0 Å². The molecule has 2 aliphatic rings. The molecule has 18 heavy (non-hydrogen) atoms. The summed E-state index contributed by atoms with van der Waals surface area (Å²) in [6.07, 6.45) is 9.72. The van der Waals surface area contributed by atoms with Gasteiger partial charge in [-0.25, -0.2) is 0 Å². The van der Waals surface area contributed by atoms with Gasteiger partial charge in [0, 0.05) is 18.6 Å². The molecule has 106 valence electrons. The Balaban J connectivity index is 1.90. The highest BCUT2D eigenvalue weighted by atomic mass is 15.2. The third-order valence-corrected chi connectivity index (χ3v) is 5.85. The molecular weight excluding hydrogens is 220 g/mol. The molecule has 0 aromatic rings. The molecule has 2 heteroatoms. The maximum absolute atomic E-state index is 6.15.